The molecule has 2 atom stereocenters. The van der Waals surface area contributed by atoms with Crippen molar-refractivity contribution in [2.75, 3.05) is 13.1 Å². The van der Waals surface area contributed by atoms with E-state index in [4.69, 9.17) is 10.9 Å². The van der Waals surface area contributed by atoms with Crippen LogP contribution in [0.5, 0.6) is 0 Å². The normalized spacial score (nSPS) is 13.0. The smallest absolute Gasteiger partial charge is 0.244 e. The van der Waals surface area contributed by atoms with Gasteiger partial charge in [0.05, 0.1) is 0 Å². The lowest BCUT2D eigenvalue weighted by Crippen LogP contribution is -2.50. The van der Waals surface area contributed by atoms with Crippen LogP contribution in [0.25, 0.3) is 10.9 Å². The molecule has 0 saturated heterocycles. The molecule has 2 aromatic rings. The molecule has 0 aliphatic heterocycles. The highest BCUT2D eigenvalue weighted by Crippen LogP contribution is 2.20. The maximum absolute atomic E-state index is 13.1. The molecule has 0 bridgehead atoms. The monoisotopic (exact) mass is 459 g/mol. The number of unbranched alkanes of at least 4 members (excludes halogenated alkanes) is 2. The molecule has 0 fully saturated rings. The minimum absolute atomic E-state index is 0.152. The summed E-state index contributed by atoms with van der Waals surface area (Å²) in [5, 5.41) is 15.7. The zero-order valence-corrected chi connectivity index (χ0v) is 19.5. The van der Waals surface area contributed by atoms with Crippen LogP contribution in [0.1, 0.15) is 51.5 Å². The molecular formula is C24H37N5O4. The molecule has 0 saturated carbocycles. The highest BCUT2D eigenvalue weighted by molar-refractivity contribution is 5.91. The van der Waals surface area contributed by atoms with Crippen molar-refractivity contribution in [3.63, 3.8) is 0 Å². The molecule has 3 amide bonds. The van der Waals surface area contributed by atoms with E-state index in [1.54, 1.807) is 5.48 Å². The van der Waals surface area contributed by atoms with Gasteiger partial charge in [-0.15, -0.1) is 0 Å². The van der Waals surface area contributed by atoms with Gasteiger partial charge >= 0.3 is 0 Å². The minimum atomic E-state index is -0.793. The number of para-hydroxylation sites is 1. The summed E-state index contributed by atoms with van der Waals surface area (Å²) >= 11 is 0. The van der Waals surface area contributed by atoms with Gasteiger partial charge in [0.1, 0.15) is 6.04 Å². The van der Waals surface area contributed by atoms with Gasteiger partial charge in [-0.1, -0.05) is 38.5 Å². The standard InChI is InChI=1S/C24H37N5O4/c1-16(2)12-17(14-22(30)29-33)23(31)28-21(24(32)26-11-7-3-6-10-25)13-18-15-27-20-9-5-4-8-19(18)20/h4-5,8-9,15-17,21,27,33H,3,6-7,10-14,25H2,1-2H3,(H,26,32)(H,28,31)(H,29,30)/t17?,21-/m1/s1. The summed E-state index contributed by atoms with van der Waals surface area (Å²) in [4.78, 5) is 41.0. The van der Waals surface area contributed by atoms with Gasteiger partial charge < -0.3 is 21.4 Å². The molecular weight excluding hydrogens is 422 g/mol. The van der Waals surface area contributed by atoms with Crippen LogP contribution in [0.15, 0.2) is 30.5 Å². The number of fused-ring (bicyclic) bond motifs is 1. The van der Waals surface area contributed by atoms with Crippen LogP contribution in [-0.2, 0) is 20.8 Å². The van der Waals surface area contributed by atoms with E-state index >= 15 is 0 Å². The first kappa shape index (κ1) is 26.3. The van der Waals surface area contributed by atoms with Crippen molar-refractivity contribution in [3.8, 4) is 0 Å². The number of nitrogens with one attached hydrogen (secondary N) is 4. The van der Waals surface area contributed by atoms with Crippen LogP contribution >= 0.6 is 0 Å². The molecule has 1 unspecified atom stereocenters. The number of aromatic nitrogens is 1. The number of rotatable bonds is 14. The van der Waals surface area contributed by atoms with E-state index < -0.39 is 17.9 Å². The van der Waals surface area contributed by atoms with Gasteiger partial charge in [-0.25, -0.2) is 5.48 Å². The fraction of sp³-hybridized carbons (Fsp3) is 0.542. The van der Waals surface area contributed by atoms with Gasteiger partial charge in [0.2, 0.25) is 17.7 Å². The Labute approximate surface area is 194 Å². The Morgan fingerprint density at radius 2 is 1.85 bits per heavy atom. The van der Waals surface area contributed by atoms with Crippen LogP contribution in [0.3, 0.4) is 0 Å². The minimum Gasteiger partial charge on any atom is -0.361 e. The Balaban J connectivity index is 2.16. The fourth-order valence-corrected chi connectivity index (χ4v) is 3.92. The topological polar surface area (TPSA) is 149 Å². The van der Waals surface area contributed by atoms with Gasteiger partial charge in [-0.05, 0) is 43.4 Å². The zero-order chi connectivity index (χ0) is 24.2. The number of hydroxylamine groups is 1. The molecule has 0 aliphatic rings. The first-order valence-electron chi connectivity index (χ1n) is 11.6. The third-order valence-corrected chi connectivity index (χ3v) is 5.60. The van der Waals surface area contributed by atoms with Crippen molar-refractivity contribution in [3.05, 3.63) is 36.0 Å². The highest BCUT2D eigenvalue weighted by Gasteiger charge is 2.28. The Morgan fingerprint density at radius 1 is 1.09 bits per heavy atom. The summed E-state index contributed by atoms with van der Waals surface area (Å²) in [6.45, 7) is 5.02. The number of benzene rings is 1. The number of amides is 3. The Morgan fingerprint density at radius 3 is 2.55 bits per heavy atom. The lowest BCUT2D eigenvalue weighted by molar-refractivity contribution is -0.136. The largest absolute Gasteiger partial charge is 0.361 e. The van der Waals surface area contributed by atoms with Crippen LogP contribution in [0.2, 0.25) is 0 Å². The molecule has 9 heteroatoms. The molecule has 2 rings (SSSR count). The average molecular weight is 460 g/mol. The number of carbonyl (C=O) groups excluding carboxylic acids is 3. The molecule has 0 aliphatic carbocycles. The van der Waals surface area contributed by atoms with Crippen molar-refractivity contribution in [1.29, 1.82) is 0 Å². The Bertz CT molecular complexity index is 911. The van der Waals surface area contributed by atoms with E-state index in [9.17, 15) is 14.4 Å². The summed E-state index contributed by atoms with van der Waals surface area (Å²) in [5.41, 5.74) is 8.98. The van der Waals surface area contributed by atoms with Crippen molar-refractivity contribution < 1.29 is 19.6 Å². The van der Waals surface area contributed by atoms with Crippen LogP contribution in [0, 0.1) is 11.8 Å². The second kappa shape index (κ2) is 13.6. The predicted octanol–water partition coefficient (Wildman–Crippen LogP) is 2.00. The predicted molar refractivity (Wildman–Crippen MR) is 127 cm³/mol. The van der Waals surface area contributed by atoms with Crippen molar-refractivity contribution in [1.82, 2.24) is 21.1 Å². The molecule has 0 radical (unpaired) electrons. The Kier molecular flexibility index (Phi) is 10.9. The SMILES string of the molecule is CC(C)CC(CC(=O)NO)C(=O)N[C@H](Cc1c[nH]c2ccccc12)C(=O)NCCCCCN. The van der Waals surface area contributed by atoms with E-state index in [-0.39, 0.29) is 24.2 Å². The molecule has 1 heterocycles. The van der Waals surface area contributed by atoms with E-state index in [0.717, 1.165) is 35.7 Å². The first-order valence-corrected chi connectivity index (χ1v) is 11.6. The summed E-state index contributed by atoms with van der Waals surface area (Å²) in [6.07, 6.45) is 5.09. The van der Waals surface area contributed by atoms with Crippen molar-refractivity contribution in [2.45, 2.75) is 58.4 Å². The zero-order valence-electron chi connectivity index (χ0n) is 19.5. The maximum atomic E-state index is 13.1. The number of hydrogen-bond acceptors (Lipinski definition) is 5. The number of H-pyrrole nitrogens is 1. The molecule has 9 nitrogen and oxygen atoms in total. The fourth-order valence-electron chi connectivity index (χ4n) is 3.92. The Hall–Kier alpha value is -2.91. The van der Waals surface area contributed by atoms with Crippen LogP contribution in [-0.4, -0.2) is 47.0 Å². The third-order valence-electron chi connectivity index (χ3n) is 5.60. The lowest BCUT2D eigenvalue weighted by Gasteiger charge is -2.23. The number of nitrogens with two attached hydrogens (primary N) is 1. The second-order valence-electron chi connectivity index (χ2n) is 8.83. The maximum Gasteiger partial charge on any atom is 0.244 e. The van der Waals surface area contributed by atoms with Crippen LogP contribution in [0.4, 0.5) is 0 Å². The van der Waals surface area contributed by atoms with E-state index in [1.165, 1.54) is 0 Å². The first-order chi connectivity index (χ1) is 15.8. The summed E-state index contributed by atoms with van der Waals surface area (Å²) < 4.78 is 0. The number of aromatic amines is 1. The molecule has 33 heavy (non-hydrogen) atoms. The second-order valence-corrected chi connectivity index (χ2v) is 8.83. The lowest BCUT2D eigenvalue weighted by atomic mass is 9.92. The summed E-state index contributed by atoms with van der Waals surface area (Å²) in [7, 11) is 0. The van der Waals surface area contributed by atoms with Gasteiger partial charge in [-0.3, -0.25) is 19.6 Å². The number of hydrogen-bond donors (Lipinski definition) is 6. The van der Waals surface area contributed by atoms with E-state index in [1.807, 2.05) is 44.3 Å². The van der Waals surface area contributed by atoms with Gasteiger partial charge in [0.15, 0.2) is 0 Å². The summed E-state index contributed by atoms with van der Waals surface area (Å²) in [5.74, 6) is -1.77. The van der Waals surface area contributed by atoms with Crippen molar-refractivity contribution in [2.24, 2.45) is 17.6 Å². The quantitative estimate of drug-likeness (QED) is 0.145. The van der Waals surface area contributed by atoms with Gasteiger partial charge in [0, 0.05) is 42.4 Å². The van der Waals surface area contributed by atoms with E-state index in [0.29, 0.717) is 25.9 Å². The molecule has 0 spiro atoms. The molecule has 7 N–H and O–H groups in total. The number of carbonyl (C=O) groups is 3. The highest BCUT2D eigenvalue weighted by atomic mass is 16.5. The third kappa shape index (κ3) is 8.51. The molecule has 182 valence electrons. The van der Waals surface area contributed by atoms with Gasteiger partial charge in [-0.2, -0.15) is 0 Å². The molecule has 1 aromatic heterocycles. The van der Waals surface area contributed by atoms with Crippen molar-refractivity contribution >= 4 is 28.6 Å². The summed E-state index contributed by atoms with van der Waals surface area (Å²) in [6, 6.07) is 6.99. The van der Waals surface area contributed by atoms with Crippen LogP contribution < -0.4 is 21.8 Å². The average Bonchev–Trinajstić information content (AvgIpc) is 3.20. The van der Waals surface area contributed by atoms with Gasteiger partial charge in [0.25, 0.3) is 0 Å². The van der Waals surface area contributed by atoms with E-state index in [2.05, 4.69) is 15.6 Å². The molecule has 1 aromatic carbocycles.